The van der Waals surface area contributed by atoms with Crippen molar-refractivity contribution in [3.8, 4) is 11.5 Å². The zero-order chi connectivity index (χ0) is 19.6. The Labute approximate surface area is 160 Å². The summed E-state index contributed by atoms with van der Waals surface area (Å²) >= 11 is 0. The van der Waals surface area contributed by atoms with Crippen LogP contribution in [0.4, 0.5) is 0 Å². The van der Waals surface area contributed by atoms with Gasteiger partial charge in [0.2, 0.25) is 5.91 Å². The van der Waals surface area contributed by atoms with E-state index in [2.05, 4.69) is 11.9 Å². The summed E-state index contributed by atoms with van der Waals surface area (Å²) in [4.78, 5) is 14.2. The number of carbonyl (C=O) groups excluding carboxylic acids is 1. The van der Waals surface area contributed by atoms with Gasteiger partial charge in [-0.1, -0.05) is 18.7 Å². The van der Waals surface area contributed by atoms with Gasteiger partial charge in [0.25, 0.3) is 0 Å². The number of hydrogen-bond donors (Lipinski definition) is 1. The van der Waals surface area contributed by atoms with Crippen LogP contribution >= 0.6 is 0 Å². The van der Waals surface area contributed by atoms with Gasteiger partial charge in [0.05, 0.1) is 19.4 Å². The van der Waals surface area contributed by atoms with Gasteiger partial charge in [-0.2, -0.15) is 0 Å². The van der Waals surface area contributed by atoms with Crippen LogP contribution < -0.4 is 14.8 Å². The number of hydrogen-bond acceptors (Lipinski definition) is 5. The number of ether oxygens (including phenoxy) is 2. The molecule has 0 aliphatic carbocycles. The zero-order valence-electron chi connectivity index (χ0n) is 16.0. The molecule has 0 bridgehead atoms. The van der Waals surface area contributed by atoms with Crippen molar-refractivity contribution in [3.05, 3.63) is 66.6 Å². The lowest BCUT2D eigenvalue weighted by atomic mass is 10.2. The van der Waals surface area contributed by atoms with Gasteiger partial charge in [0.1, 0.15) is 12.4 Å². The third-order valence-corrected chi connectivity index (χ3v) is 3.94. The van der Waals surface area contributed by atoms with Crippen molar-refractivity contribution in [3.63, 3.8) is 0 Å². The fourth-order valence-electron chi connectivity index (χ4n) is 2.50. The van der Waals surface area contributed by atoms with Crippen LogP contribution in [0.2, 0.25) is 0 Å². The Morgan fingerprint density at radius 1 is 1.33 bits per heavy atom. The van der Waals surface area contributed by atoms with Gasteiger partial charge >= 0.3 is 0 Å². The predicted molar refractivity (Wildman–Crippen MR) is 106 cm³/mol. The summed E-state index contributed by atoms with van der Waals surface area (Å²) in [7, 11) is 5.46. The molecule has 0 aliphatic rings. The Balaban J connectivity index is 1.96. The monoisotopic (exact) mass is 370 g/mol. The van der Waals surface area contributed by atoms with Crippen molar-refractivity contribution in [2.24, 2.45) is 0 Å². The van der Waals surface area contributed by atoms with Crippen molar-refractivity contribution in [1.82, 2.24) is 10.2 Å². The van der Waals surface area contributed by atoms with Crippen LogP contribution in [0, 0.1) is 0 Å². The first kappa shape index (κ1) is 20.3. The molecule has 1 amide bonds. The van der Waals surface area contributed by atoms with E-state index in [0.717, 1.165) is 11.3 Å². The van der Waals surface area contributed by atoms with E-state index >= 15 is 0 Å². The van der Waals surface area contributed by atoms with Crippen LogP contribution in [0.5, 0.6) is 11.5 Å². The second-order valence-corrected chi connectivity index (χ2v) is 6.08. The van der Waals surface area contributed by atoms with Crippen LogP contribution in [-0.4, -0.2) is 45.2 Å². The number of nitrogens with zero attached hydrogens (tertiary/aromatic N) is 1. The highest BCUT2D eigenvalue weighted by atomic mass is 16.5. The number of benzene rings is 1. The number of furan rings is 1. The third-order valence-electron chi connectivity index (χ3n) is 3.94. The van der Waals surface area contributed by atoms with E-state index in [1.54, 1.807) is 31.6 Å². The lowest BCUT2D eigenvalue weighted by molar-refractivity contribution is -0.116. The van der Waals surface area contributed by atoms with Crippen LogP contribution in [0.3, 0.4) is 0 Å². The van der Waals surface area contributed by atoms with E-state index in [1.807, 2.05) is 43.3 Å². The number of likely N-dealkylation sites (N-methyl/N-ethyl adjacent to an activating group) is 1. The Morgan fingerprint density at radius 3 is 2.78 bits per heavy atom. The van der Waals surface area contributed by atoms with Gasteiger partial charge in [0, 0.05) is 12.6 Å². The quantitative estimate of drug-likeness (QED) is 0.514. The minimum Gasteiger partial charge on any atom is -0.493 e. The molecule has 1 aromatic heterocycles. The molecule has 2 aromatic rings. The molecule has 2 rings (SSSR count). The van der Waals surface area contributed by atoms with E-state index in [4.69, 9.17) is 13.9 Å². The molecule has 0 fully saturated rings. The normalized spacial score (nSPS) is 12.1. The van der Waals surface area contributed by atoms with Gasteiger partial charge in [-0.3, -0.25) is 9.69 Å². The van der Waals surface area contributed by atoms with Crippen LogP contribution in [0.25, 0.3) is 6.08 Å². The Hall–Kier alpha value is -2.99. The highest BCUT2D eigenvalue weighted by Gasteiger charge is 2.17. The minimum absolute atomic E-state index is 0.0289. The summed E-state index contributed by atoms with van der Waals surface area (Å²) in [5.41, 5.74) is 0.836. The molecule has 1 unspecified atom stereocenters. The van der Waals surface area contributed by atoms with Gasteiger partial charge in [0.15, 0.2) is 11.5 Å². The van der Waals surface area contributed by atoms with Gasteiger partial charge in [-0.05, 0) is 50.0 Å². The summed E-state index contributed by atoms with van der Waals surface area (Å²) < 4.78 is 16.3. The van der Waals surface area contributed by atoms with Crippen molar-refractivity contribution in [2.45, 2.75) is 6.04 Å². The first-order chi connectivity index (χ1) is 13.0. The molecular formula is C21H26N2O4. The van der Waals surface area contributed by atoms with E-state index < -0.39 is 0 Å². The molecule has 1 heterocycles. The minimum atomic E-state index is -0.181. The molecule has 1 N–H and O–H groups in total. The Bertz CT molecular complexity index is 766. The molecule has 1 aromatic carbocycles. The van der Waals surface area contributed by atoms with E-state index in [0.29, 0.717) is 24.7 Å². The standard InChI is InChI=1S/C21H26N2O4/c1-5-12-26-19-10-8-16(14-20(19)25-4)9-11-21(24)22-15-17(23(2)3)18-7-6-13-27-18/h5-11,13-14,17H,1,12,15H2,2-4H3,(H,22,24). The van der Waals surface area contributed by atoms with E-state index in [9.17, 15) is 4.79 Å². The molecule has 0 radical (unpaired) electrons. The van der Waals surface area contributed by atoms with Crippen molar-refractivity contribution >= 4 is 12.0 Å². The van der Waals surface area contributed by atoms with Crippen molar-refractivity contribution in [1.29, 1.82) is 0 Å². The first-order valence-electron chi connectivity index (χ1n) is 8.62. The molecule has 0 saturated carbocycles. The average Bonchev–Trinajstić information content (AvgIpc) is 3.19. The van der Waals surface area contributed by atoms with Crippen LogP contribution in [0.15, 0.2) is 59.7 Å². The van der Waals surface area contributed by atoms with E-state index in [1.165, 1.54) is 6.08 Å². The average molecular weight is 370 g/mol. The molecule has 0 saturated heterocycles. The van der Waals surface area contributed by atoms with Crippen LogP contribution in [0.1, 0.15) is 17.4 Å². The van der Waals surface area contributed by atoms with Gasteiger partial charge in [-0.25, -0.2) is 0 Å². The van der Waals surface area contributed by atoms with Crippen molar-refractivity contribution < 1.29 is 18.7 Å². The summed E-state index contributed by atoms with van der Waals surface area (Å²) in [6.07, 6.45) is 6.52. The third kappa shape index (κ3) is 6.04. The molecule has 144 valence electrons. The fraction of sp³-hybridized carbons (Fsp3) is 0.286. The maximum atomic E-state index is 12.2. The largest absolute Gasteiger partial charge is 0.493 e. The first-order valence-corrected chi connectivity index (χ1v) is 8.62. The number of carbonyl (C=O) groups is 1. The molecule has 0 aliphatic heterocycles. The summed E-state index contributed by atoms with van der Waals surface area (Å²) in [5, 5.41) is 2.90. The lowest BCUT2D eigenvalue weighted by Gasteiger charge is -2.22. The SMILES string of the molecule is C=CCOc1ccc(C=CC(=O)NCC(c2ccco2)N(C)C)cc1OC. The molecule has 1 atom stereocenters. The smallest absolute Gasteiger partial charge is 0.244 e. The molecule has 6 nitrogen and oxygen atoms in total. The Kier molecular flexibility index (Phi) is 7.70. The summed E-state index contributed by atoms with van der Waals surface area (Å²) in [5.74, 6) is 1.86. The molecule has 6 heteroatoms. The maximum absolute atomic E-state index is 12.2. The number of rotatable bonds is 10. The predicted octanol–water partition coefficient (Wildman–Crippen LogP) is 3.29. The molecule has 27 heavy (non-hydrogen) atoms. The number of nitrogens with one attached hydrogen (secondary N) is 1. The topological polar surface area (TPSA) is 63.9 Å². The maximum Gasteiger partial charge on any atom is 0.244 e. The summed E-state index contributed by atoms with van der Waals surface area (Å²) in [6.45, 7) is 4.47. The molecule has 0 spiro atoms. The Morgan fingerprint density at radius 2 is 2.15 bits per heavy atom. The summed E-state index contributed by atoms with van der Waals surface area (Å²) in [6, 6.07) is 9.18. The molecular weight excluding hydrogens is 344 g/mol. The lowest BCUT2D eigenvalue weighted by Crippen LogP contribution is -2.33. The number of amides is 1. The zero-order valence-corrected chi connectivity index (χ0v) is 16.0. The highest BCUT2D eigenvalue weighted by Crippen LogP contribution is 2.28. The highest BCUT2D eigenvalue weighted by molar-refractivity contribution is 5.91. The number of methoxy groups -OCH3 is 1. The fourth-order valence-corrected chi connectivity index (χ4v) is 2.50. The van der Waals surface area contributed by atoms with Crippen molar-refractivity contribution in [2.75, 3.05) is 34.4 Å². The van der Waals surface area contributed by atoms with Gasteiger partial charge in [-0.15, -0.1) is 0 Å². The second-order valence-electron chi connectivity index (χ2n) is 6.08. The van der Waals surface area contributed by atoms with Crippen LogP contribution in [-0.2, 0) is 4.79 Å². The second kappa shape index (κ2) is 10.2. The van der Waals surface area contributed by atoms with E-state index in [-0.39, 0.29) is 11.9 Å². The van der Waals surface area contributed by atoms with Gasteiger partial charge < -0.3 is 19.2 Å².